The smallest absolute Gasteiger partial charge is 0.254 e. The Kier molecular flexibility index (Phi) is 6.89. The van der Waals surface area contributed by atoms with Crippen LogP contribution in [0.5, 0.6) is 0 Å². The van der Waals surface area contributed by atoms with Gasteiger partial charge in [-0.25, -0.2) is 4.98 Å². The highest BCUT2D eigenvalue weighted by Crippen LogP contribution is 2.19. The number of rotatable bonds is 7. The lowest BCUT2D eigenvalue weighted by atomic mass is 9.97. The molecule has 126 valence electrons. The van der Waals surface area contributed by atoms with Crippen molar-refractivity contribution >= 4 is 17.7 Å². The zero-order valence-electron chi connectivity index (χ0n) is 13.9. The van der Waals surface area contributed by atoms with Crippen LogP contribution in [0.2, 0.25) is 0 Å². The van der Waals surface area contributed by atoms with E-state index < -0.39 is 0 Å². The van der Waals surface area contributed by atoms with Crippen LogP contribution in [0.1, 0.15) is 50.3 Å². The van der Waals surface area contributed by atoms with Gasteiger partial charge >= 0.3 is 0 Å². The summed E-state index contributed by atoms with van der Waals surface area (Å²) in [6, 6.07) is 0. The molecule has 0 saturated carbocycles. The second-order valence-corrected chi connectivity index (χ2v) is 6.75. The number of nitrogens with zero attached hydrogens (tertiary/aromatic N) is 1. The molecule has 0 fully saturated rings. The summed E-state index contributed by atoms with van der Waals surface area (Å²) in [5.41, 5.74) is 2.80. The maximum Gasteiger partial charge on any atom is 0.254 e. The van der Waals surface area contributed by atoms with Gasteiger partial charge in [0.1, 0.15) is 0 Å². The molecule has 1 aliphatic carbocycles. The molecule has 2 rings (SSSR count). The average Bonchev–Trinajstić information content (AvgIpc) is 2.54. The average molecular weight is 335 g/mol. The predicted octanol–water partition coefficient (Wildman–Crippen LogP) is 2.74. The highest BCUT2D eigenvalue weighted by Gasteiger charge is 2.09. The molecule has 1 aromatic rings. The van der Waals surface area contributed by atoms with E-state index in [1.165, 1.54) is 43.0 Å². The standard InChI is InChI=1S/C17H25N3O2S/c1-3-14-12(2)19-17(20-16(14)22)23-11-15(21)18-10-9-13-7-5-4-6-8-13/h7H,3-6,8-11H2,1-2H3,(H,18,21)(H,19,20,22). The van der Waals surface area contributed by atoms with Crippen molar-refractivity contribution in [2.45, 2.75) is 57.5 Å². The Labute approximate surface area is 141 Å². The lowest BCUT2D eigenvalue weighted by Gasteiger charge is -2.12. The van der Waals surface area contributed by atoms with Crippen LogP contribution in [0.25, 0.3) is 0 Å². The van der Waals surface area contributed by atoms with Gasteiger partial charge in [-0.3, -0.25) is 9.59 Å². The molecule has 0 saturated heterocycles. The van der Waals surface area contributed by atoms with Gasteiger partial charge in [-0.05, 0) is 45.4 Å². The third-order valence-corrected chi connectivity index (χ3v) is 4.92. The maximum absolute atomic E-state index is 11.9. The minimum absolute atomic E-state index is 0.0220. The van der Waals surface area contributed by atoms with E-state index in [0.717, 1.165) is 12.1 Å². The van der Waals surface area contributed by atoms with Crippen LogP contribution in [0, 0.1) is 6.92 Å². The summed E-state index contributed by atoms with van der Waals surface area (Å²) in [6.07, 6.45) is 8.79. The summed E-state index contributed by atoms with van der Waals surface area (Å²) in [5, 5.41) is 3.44. The van der Waals surface area contributed by atoms with E-state index >= 15 is 0 Å². The van der Waals surface area contributed by atoms with Crippen molar-refractivity contribution in [2.75, 3.05) is 12.3 Å². The molecule has 1 heterocycles. The van der Waals surface area contributed by atoms with E-state index in [-0.39, 0.29) is 17.2 Å². The van der Waals surface area contributed by atoms with Crippen LogP contribution in [-0.2, 0) is 11.2 Å². The molecule has 0 spiro atoms. The Hall–Kier alpha value is -1.56. The summed E-state index contributed by atoms with van der Waals surface area (Å²) < 4.78 is 0. The quantitative estimate of drug-likeness (QED) is 0.456. The van der Waals surface area contributed by atoms with Gasteiger partial charge in [-0.15, -0.1) is 0 Å². The van der Waals surface area contributed by atoms with Crippen LogP contribution >= 0.6 is 11.8 Å². The zero-order valence-corrected chi connectivity index (χ0v) is 14.7. The number of carbonyl (C=O) groups excluding carboxylic acids is 1. The number of carbonyl (C=O) groups is 1. The lowest BCUT2D eigenvalue weighted by Crippen LogP contribution is -2.27. The Morgan fingerprint density at radius 1 is 1.43 bits per heavy atom. The first-order valence-electron chi connectivity index (χ1n) is 8.27. The molecule has 1 amide bonds. The van der Waals surface area contributed by atoms with Gasteiger partial charge < -0.3 is 10.3 Å². The molecule has 2 N–H and O–H groups in total. The van der Waals surface area contributed by atoms with Gasteiger partial charge in [0.15, 0.2) is 5.16 Å². The number of allylic oxidation sites excluding steroid dienone is 1. The molecular weight excluding hydrogens is 310 g/mol. The molecule has 0 bridgehead atoms. The summed E-state index contributed by atoms with van der Waals surface area (Å²) in [6.45, 7) is 4.44. The van der Waals surface area contributed by atoms with Crippen LogP contribution in [-0.4, -0.2) is 28.2 Å². The fourth-order valence-corrected chi connectivity index (χ4v) is 3.48. The molecule has 0 unspecified atom stereocenters. The number of hydrogen-bond donors (Lipinski definition) is 2. The van der Waals surface area contributed by atoms with E-state index in [9.17, 15) is 9.59 Å². The highest BCUT2D eigenvalue weighted by atomic mass is 32.2. The Morgan fingerprint density at radius 2 is 2.26 bits per heavy atom. The van der Waals surface area contributed by atoms with Crippen molar-refractivity contribution in [3.63, 3.8) is 0 Å². The maximum atomic E-state index is 11.9. The number of aromatic amines is 1. The number of thioether (sulfide) groups is 1. The molecule has 0 aromatic carbocycles. The van der Waals surface area contributed by atoms with Crippen LogP contribution < -0.4 is 10.9 Å². The minimum Gasteiger partial charge on any atom is -0.355 e. The van der Waals surface area contributed by atoms with Crippen molar-refractivity contribution in [1.29, 1.82) is 0 Å². The highest BCUT2D eigenvalue weighted by molar-refractivity contribution is 7.99. The van der Waals surface area contributed by atoms with Gasteiger partial charge in [-0.1, -0.05) is 30.3 Å². The molecule has 5 nitrogen and oxygen atoms in total. The third kappa shape index (κ3) is 5.53. The number of amides is 1. The molecule has 1 aliphatic rings. The van der Waals surface area contributed by atoms with E-state index in [1.807, 2.05) is 13.8 Å². The first kappa shape index (κ1) is 17.8. The monoisotopic (exact) mass is 335 g/mol. The molecule has 23 heavy (non-hydrogen) atoms. The number of hydrogen-bond acceptors (Lipinski definition) is 4. The Balaban J connectivity index is 1.76. The summed E-state index contributed by atoms with van der Waals surface area (Å²) in [5.74, 6) is 0.249. The largest absolute Gasteiger partial charge is 0.355 e. The van der Waals surface area contributed by atoms with Gasteiger partial charge in [0.2, 0.25) is 5.91 Å². The van der Waals surface area contributed by atoms with Gasteiger partial charge in [0, 0.05) is 17.8 Å². The molecule has 0 radical (unpaired) electrons. The number of aromatic nitrogens is 2. The Bertz CT molecular complexity index is 637. The fraction of sp³-hybridized carbons (Fsp3) is 0.588. The predicted molar refractivity (Wildman–Crippen MR) is 93.9 cm³/mol. The van der Waals surface area contributed by atoms with Crippen molar-refractivity contribution in [1.82, 2.24) is 15.3 Å². The van der Waals surface area contributed by atoms with Crippen LogP contribution in [0.3, 0.4) is 0 Å². The van der Waals surface area contributed by atoms with E-state index in [0.29, 0.717) is 23.7 Å². The summed E-state index contributed by atoms with van der Waals surface area (Å²) in [7, 11) is 0. The first-order valence-corrected chi connectivity index (χ1v) is 9.26. The van der Waals surface area contributed by atoms with Gasteiger partial charge in [0.25, 0.3) is 5.56 Å². The van der Waals surface area contributed by atoms with E-state index in [1.54, 1.807) is 0 Å². The van der Waals surface area contributed by atoms with E-state index in [2.05, 4.69) is 21.4 Å². The minimum atomic E-state index is -0.104. The topological polar surface area (TPSA) is 74.8 Å². The third-order valence-electron chi connectivity index (χ3n) is 4.05. The van der Waals surface area contributed by atoms with Gasteiger partial charge in [0.05, 0.1) is 5.75 Å². The molecule has 0 atom stereocenters. The Morgan fingerprint density at radius 3 is 2.91 bits per heavy atom. The molecule has 1 aromatic heterocycles. The number of aryl methyl sites for hydroxylation is 1. The molecule has 0 aliphatic heterocycles. The zero-order chi connectivity index (χ0) is 16.7. The van der Waals surface area contributed by atoms with Crippen LogP contribution in [0.15, 0.2) is 21.6 Å². The first-order chi connectivity index (χ1) is 11.1. The second kappa shape index (κ2) is 8.91. The van der Waals surface area contributed by atoms with Crippen LogP contribution in [0.4, 0.5) is 0 Å². The number of nitrogens with one attached hydrogen (secondary N) is 2. The summed E-state index contributed by atoms with van der Waals surface area (Å²) in [4.78, 5) is 30.8. The van der Waals surface area contributed by atoms with Crippen molar-refractivity contribution < 1.29 is 4.79 Å². The SMILES string of the molecule is CCc1c(C)nc(SCC(=O)NCCC2=CCCCC2)[nH]c1=O. The van der Waals surface area contributed by atoms with Gasteiger partial charge in [-0.2, -0.15) is 0 Å². The molecule has 6 heteroatoms. The fourth-order valence-electron chi connectivity index (χ4n) is 2.75. The number of H-pyrrole nitrogens is 1. The summed E-state index contributed by atoms with van der Waals surface area (Å²) >= 11 is 1.27. The lowest BCUT2D eigenvalue weighted by molar-refractivity contribution is -0.118. The van der Waals surface area contributed by atoms with Crippen molar-refractivity contribution in [2.24, 2.45) is 0 Å². The normalized spacial score (nSPS) is 14.4. The van der Waals surface area contributed by atoms with Crippen molar-refractivity contribution in [3.05, 3.63) is 33.3 Å². The molecular formula is C17H25N3O2S. The second-order valence-electron chi connectivity index (χ2n) is 5.79. The van der Waals surface area contributed by atoms with E-state index in [4.69, 9.17) is 0 Å². The van der Waals surface area contributed by atoms with Crippen molar-refractivity contribution in [3.8, 4) is 0 Å².